The number of nitrogens with one attached hydrogen (secondary N) is 8. The van der Waals surface area contributed by atoms with E-state index >= 15 is 0 Å². The summed E-state index contributed by atoms with van der Waals surface area (Å²) in [7, 11) is 0. The van der Waals surface area contributed by atoms with Gasteiger partial charge in [-0.05, 0) is 99.3 Å². The van der Waals surface area contributed by atoms with Crippen molar-refractivity contribution in [3.05, 3.63) is 65.7 Å². The van der Waals surface area contributed by atoms with E-state index in [0.29, 0.717) is 24.0 Å². The van der Waals surface area contributed by atoms with Gasteiger partial charge in [-0.3, -0.25) is 58.1 Å². The Hall–Kier alpha value is -9.29. The van der Waals surface area contributed by atoms with Crippen molar-refractivity contribution in [1.29, 1.82) is 0 Å². The second-order valence-electron chi connectivity index (χ2n) is 21.9. The third-order valence-corrected chi connectivity index (χ3v) is 14.2. The van der Waals surface area contributed by atoms with Crippen LogP contribution in [0.15, 0.2) is 69.6 Å². The van der Waals surface area contributed by atoms with E-state index in [1.54, 1.807) is 70.2 Å². The molecule has 9 unspecified atom stereocenters. The van der Waals surface area contributed by atoms with Gasteiger partial charge >= 0.3 is 5.97 Å². The van der Waals surface area contributed by atoms with Gasteiger partial charge in [-0.15, -0.1) is 0 Å². The van der Waals surface area contributed by atoms with Crippen LogP contribution >= 0.6 is 0 Å². The molecule has 0 bridgehead atoms. The number of aliphatic imine (C=N–C) groups is 3. The zero-order chi connectivity index (χ0) is 65.5. The number of benzene rings is 2. The molecule has 2 aromatic carbocycles. The van der Waals surface area contributed by atoms with Gasteiger partial charge < -0.3 is 97.8 Å². The van der Waals surface area contributed by atoms with E-state index in [0.717, 1.165) is 0 Å². The number of carbonyl (C=O) groups is 10. The van der Waals surface area contributed by atoms with Gasteiger partial charge in [0.1, 0.15) is 48.0 Å². The van der Waals surface area contributed by atoms with E-state index in [9.17, 15) is 58.2 Å². The molecule has 24 N–H and O–H groups in total. The summed E-state index contributed by atoms with van der Waals surface area (Å²) in [5, 5.41) is 40.5. The number of aliphatic carboxylic acids is 1. The lowest BCUT2D eigenvalue weighted by molar-refractivity contribution is -0.149. The van der Waals surface area contributed by atoms with Crippen LogP contribution in [-0.4, -0.2) is 180 Å². The number of carboxylic acids is 1. The summed E-state index contributed by atoms with van der Waals surface area (Å²) in [5.41, 5.74) is 40.6. The molecule has 1 aliphatic rings. The Labute approximate surface area is 511 Å². The molecule has 0 aromatic heterocycles. The fourth-order valence-corrected chi connectivity index (χ4v) is 9.35. The number of amides is 9. The Morgan fingerprint density at radius 3 is 1.57 bits per heavy atom. The van der Waals surface area contributed by atoms with Crippen LogP contribution in [0.3, 0.4) is 0 Å². The molecule has 0 aliphatic carbocycles. The van der Waals surface area contributed by atoms with Gasteiger partial charge in [-0.25, -0.2) is 4.79 Å². The normalized spacial score (nSPS) is 15.4. The molecule has 0 spiro atoms. The topological polar surface area (TPSA) is 530 Å². The van der Waals surface area contributed by atoms with Gasteiger partial charge in [0.05, 0.1) is 19.1 Å². The summed E-state index contributed by atoms with van der Waals surface area (Å²) >= 11 is 0. The van der Waals surface area contributed by atoms with Crippen molar-refractivity contribution in [1.82, 2.24) is 47.4 Å². The first-order chi connectivity index (χ1) is 41.7. The van der Waals surface area contributed by atoms with Gasteiger partial charge in [0.25, 0.3) is 0 Å². The van der Waals surface area contributed by atoms with Gasteiger partial charge in [0.2, 0.25) is 53.2 Å². The van der Waals surface area contributed by atoms with E-state index in [1.165, 1.54) is 17.0 Å². The van der Waals surface area contributed by atoms with E-state index in [-0.39, 0.29) is 120 Å². The van der Waals surface area contributed by atoms with Crippen molar-refractivity contribution in [2.24, 2.45) is 66.9 Å². The minimum Gasteiger partial charge on any atom is -0.508 e. The van der Waals surface area contributed by atoms with Crippen LogP contribution in [0, 0.1) is 11.8 Å². The number of aromatic hydroxyl groups is 1. The average molecular weight is 1230 g/mol. The molecule has 31 heteroatoms. The third-order valence-electron chi connectivity index (χ3n) is 14.2. The van der Waals surface area contributed by atoms with Crippen molar-refractivity contribution in [3.8, 4) is 5.75 Å². The first-order valence-electron chi connectivity index (χ1n) is 29.3. The number of phenolic OH excluding ortho intramolecular Hbond substituents is 1. The summed E-state index contributed by atoms with van der Waals surface area (Å²) in [6.07, 6.45) is 1.31. The van der Waals surface area contributed by atoms with Gasteiger partial charge in [0, 0.05) is 32.6 Å². The van der Waals surface area contributed by atoms with Crippen LogP contribution in [0.4, 0.5) is 0 Å². The molecule has 3 rings (SSSR count). The Kier molecular flexibility index (Phi) is 31.5. The third kappa shape index (κ3) is 27.0. The van der Waals surface area contributed by atoms with Crippen molar-refractivity contribution < 1.29 is 58.2 Å². The molecular formula is C57H91N19O12. The number of carbonyl (C=O) groups excluding carboxylic acids is 9. The Balaban J connectivity index is 1.89. The summed E-state index contributed by atoms with van der Waals surface area (Å²) in [6, 6.07) is 4.56. The molecule has 88 heavy (non-hydrogen) atoms. The second kappa shape index (κ2) is 38.0. The number of hydrogen-bond acceptors (Lipinski definition) is 15. The molecule has 1 fully saturated rings. The highest BCUT2D eigenvalue weighted by atomic mass is 16.4. The number of guanidine groups is 3. The van der Waals surface area contributed by atoms with Crippen LogP contribution in [0.5, 0.6) is 5.75 Å². The first-order valence-corrected chi connectivity index (χ1v) is 29.3. The Morgan fingerprint density at radius 2 is 1.05 bits per heavy atom. The fourth-order valence-electron chi connectivity index (χ4n) is 9.35. The van der Waals surface area contributed by atoms with Crippen molar-refractivity contribution >= 4 is 77.0 Å². The summed E-state index contributed by atoms with van der Waals surface area (Å²) in [6.45, 7) is 6.16. The second-order valence-corrected chi connectivity index (χ2v) is 21.9. The van der Waals surface area contributed by atoms with Crippen molar-refractivity contribution in [2.45, 2.75) is 153 Å². The minimum absolute atomic E-state index is 0.00594. The summed E-state index contributed by atoms with van der Waals surface area (Å²) < 4.78 is 0. The van der Waals surface area contributed by atoms with Crippen LogP contribution in [0.1, 0.15) is 103 Å². The van der Waals surface area contributed by atoms with E-state index < -0.39 is 126 Å². The smallest absolute Gasteiger partial charge is 0.326 e. The number of nitrogens with two attached hydrogens (primary N) is 7. The Bertz CT molecular complexity index is 2740. The lowest BCUT2D eigenvalue weighted by Crippen LogP contribution is -2.61. The van der Waals surface area contributed by atoms with Gasteiger partial charge in [-0.2, -0.15) is 0 Å². The molecule has 0 saturated carbocycles. The molecule has 9 atom stereocenters. The average Bonchev–Trinajstić information content (AvgIpc) is 3.25. The predicted molar refractivity (Wildman–Crippen MR) is 329 cm³/mol. The summed E-state index contributed by atoms with van der Waals surface area (Å²) in [4.78, 5) is 150. The molecule has 9 amide bonds. The zero-order valence-corrected chi connectivity index (χ0v) is 50.5. The van der Waals surface area contributed by atoms with Crippen LogP contribution in [0.2, 0.25) is 0 Å². The predicted octanol–water partition coefficient (Wildman–Crippen LogP) is -4.03. The number of nitrogens with zero attached hydrogens (tertiary/aromatic N) is 4. The number of carboxylic acid groups (broad SMARTS) is 1. The first kappa shape index (κ1) is 73.0. The maximum absolute atomic E-state index is 14.6. The molecular weight excluding hydrogens is 1140 g/mol. The molecule has 2 aromatic rings. The number of rotatable bonds is 38. The van der Waals surface area contributed by atoms with Gasteiger partial charge in [-0.1, -0.05) is 76.6 Å². The lowest BCUT2D eigenvalue weighted by atomic mass is 9.96. The maximum atomic E-state index is 14.6. The zero-order valence-electron chi connectivity index (χ0n) is 50.5. The monoisotopic (exact) mass is 1230 g/mol. The minimum atomic E-state index is -1.41. The Morgan fingerprint density at radius 1 is 0.568 bits per heavy atom. The molecule has 0 radical (unpaired) electrons. The number of likely N-dealkylation sites (tertiary alicyclic amines) is 1. The number of phenols is 1. The lowest BCUT2D eigenvalue weighted by Gasteiger charge is -2.31. The number of hydrogen-bond donors (Lipinski definition) is 17. The van der Waals surface area contributed by atoms with Gasteiger partial charge in [0.15, 0.2) is 17.9 Å². The molecule has 31 nitrogen and oxygen atoms in total. The van der Waals surface area contributed by atoms with Crippen molar-refractivity contribution in [3.63, 3.8) is 0 Å². The van der Waals surface area contributed by atoms with Crippen LogP contribution < -0.4 is 82.7 Å². The fraction of sp³-hybridized carbons (Fsp3) is 0.561. The van der Waals surface area contributed by atoms with Crippen LogP contribution in [-0.2, 0) is 60.8 Å². The molecule has 1 aliphatic heterocycles. The molecule has 1 heterocycles. The van der Waals surface area contributed by atoms with E-state index in [4.69, 9.17) is 40.1 Å². The molecule has 486 valence electrons. The molecule has 1 saturated heterocycles. The quantitative estimate of drug-likeness (QED) is 0.0173. The largest absolute Gasteiger partial charge is 0.508 e. The SMILES string of the molecule is CCC(C)C(NC(=O)C(CCCN=C(N)N)NC(=O)C(CCCN=C(N)N)NC(=O)C(CC(C)C)NC(=O)C(Cc1ccccc1)NC(=O)CNC(=O)CNC(=O)C(N)Cc1ccc(O)cc1)C(=O)NC(CCCN=C(N)N)C(=O)N1CCCC1C(=O)O. The highest BCUT2D eigenvalue weighted by molar-refractivity contribution is 5.98. The van der Waals surface area contributed by atoms with E-state index in [1.807, 2.05) is 0 Å². The van der Waals surface area contributed by atoms with Crippen molar-refractivity contribution in [2.75, 3.05) is 39.3 Å². The standard InChI is InChI=1S/C57H91N19O12/c1-5-33(4)46(52(85)73-40(17-11-25-67-57(63)64)53(86)76-26-12-18-43(76)54(87)88)75-49(82)39(16-10-24-66-56(61)62)71-48(81)38(15-9-23-65-55(59)60)72-50(83)41(27-32(2)3)74-51(84)42(29-34-13-7-6-8-14-34)70-45(79)31-68-44(78)30-69-47(80)37(58)28-35-19-21-36(77)22-20-35/h6-8,13-14,19-22,32-33,37-43,46,77H,5,9-12,15-18,23-31,58H2,1-4H3,(H,68,78)(H,69,80)(H,70,79)(H,71,81)(H,72,83)(H,73,85)(H,74,84)(H,75,82)(H,87,88)(H4,59,60,65)(H4,61,62,66)(H4,63,64,67). The highest BCUT2D eigenvalue weighted by Crippen LogP contribution is 2.21. The highest BCUT2D eigenvalue weighted by Gasteiger charge is 2.40. The summed E-state index contributed by atoms with van der Waals surface area (Å²) in [5.74, 6) is -9.55. The van der Waals surface area contributed by atoms with Crippen LogP contribution in [0.25, 0.3) is 0 Å². The maximum Gasteiger partial charge on any atom is 0.326 e. The van der Waals surface area contributed by atoms with E-state index in [2.05, 4.69) is 57.5 Å².